The SMILES string of the molecule is CCCC=CC(=O)CCc1cc(CCCOC)c(O)c(OC2CCCC2)c1. The predicted octanol–water partition coefficient (Wildman–Crippen LogP) is 5.15. The third-order valence-corrected chi connectivity index (χ3v) is 5.02. The van der Waals surface area contributed by atoms with Crippen LogP contribution >= 0.6 is 0 Å². The number of unbranched alkanes of at least 4 members (excludes halogenated alkanes) is 1. The van der Waals surface area contributed by atoms with E-state index in [1.165, 1.54) is 12.8 Å². The van der Waals surface area contributed by atoms with E-state index >= 15 is 0 Å². The second-order valence-corrected chi connectivity index (χ2v) is 7.38. The van der Waals surface area contributed by atoms with E-state index in [4.69, 9.17) is 9.47 Å². The standard InChI is InChI=1S/C23H34O4/c1-3-4-5-10-20(24)14-13-18-16-19(9-8-15-26-2)23(25)22(17-18)27-21-11-6-7-12-21/h5,10,16-17,21,25H,3-4,6-9,11-15H2,1-2H3. The number of hydrogen-bond acceptors (Lipinski definition) is 4. The van der Waals surface area contributed by atoms with Crippen molar-refractivity contribution in [1.82, 2.24) is 0 Å². The summed E-state index contributed by atoms with van der Waals surface area (Å²) >= 11 is 0. The molecule has 0 aromatic heterocycles. The van der Waals surface area contributed by atoms with Gasteiger partial charge in [0, 0.05) is 20.1 Å². The van der Waals surface area contributed by atoms with E-state index in [0.717, 1.165) is 49.7 Å². The van der Waals surface area contributed by atoms with Crippen LogP contribution in [0.1, 0.15) is 69.4 Å². The lowest BCUT2D eigenvalue weighted by Gasteiger charge is -2.18. The van der Waals surface area contributed by atoms with E-state index < -0.39 is 0 Å². The van der Waals surface area contributed by atoms with Crippen molar-refractivity contribution < 1.29 is 19.4 Å². The molecule has 1 aliphatic carbocycles. The number of carbonyl (C=O) groups is 1. The Balaban J connectivity index is 2.08. The Bertz CT molecular complexity index is 615. The van der Waals surface area contributed by atoms with Gasteiger partial charge in [-0.15, -0.1) is 0 Å². The Labute approximate surface area is 163 Å². The minimum absolute atomic E-state index is 0.149. The highest BCUT2D eigenvalue weighted by Gasteiger charge is 2.20. The van der Waals surface area contributed by atoms with Crippen molar-refractivity contribution in [2.45, 2.75) is 77.2 Å². The van der Waals surface area contributed by atoms with Crippen molar-refractivity contribution in [3.05, 3.63) is 35.4 Å². The molecule has 4 nitrogen and oxygen atoms in total. The van der Waals surface area contributed by atoms with Crippen LogP contribution in [0.4, 0.5) is 0 Å². The van der Waals surface area contributed by atoms with Gasteiger partial charge < -0.3 is 14.6 Å². The molecule has 1 fully saturated rings. The molecule has 0 heterocycles. The molecule has 0 unspecified atom stereocenters. The third kappa shape index (κ3) is 7.37. The van der Waals surface area contributed by atoms with E-state index in [-0.39, 0.29) is 17.6 Å². The van der Waals surface area contributed by atoms with Crippen LogP contribution in [-0.4, -0.2) is 30.7 Å². The van der Waals surface area contributed by atoms with Crippen LogP contribution in [0.5, 0.6) is 11.5 Å². The van der Waals surface area contributed by atoms with E-state index in [0.29, 0.717) is 25.2 Å². The van der Waals surface area contributed by atoms with Gasteiger partial charge in [0.05, 0.1) is 6.10 Å². The molecule has 27 heavy (non-hydrogen) atoms. The molecule has 0 saturated heterocycles. The van der Waals surface area contributed by atoms with Crippen LogP contribution < -0.4 is 4.74 Å². The lowest BCUT2D eigenvalue weighted by atomic mass is 10.00. The minimum atomic E-state index is 0.149. The maximum absolute atomic E-state index is 12.0. The third-order valence-electron chi connectivity index (χ3n) is 5.02. The number of benzene rings is 1. The van der Waals surface area contributed by atoms with Gasteiger partial charge in [0.2, 0.25) is 0 Å². The lowest BCUT2D eigenvalue weighted by molar-refractivity contribution is -0.114. The molecule has 2 rings (SSSR count). The number of carbonyl (C=O) groups excluding carboxylic acids is 1. The molecule has 4 heteroatoms. The molecule has 1 aromatic rings. The van der Waals surface area contributed by atoms with Crippen LogP contribution in [0.3, 0.4) is 0 Å². The highest BCUT2D eigenvalue weighted by atomic mass is 16.5. The summed E-state index contributed by atoms with van der Waals surface area (Å²) in [7, 11) is 1.68. The topological polar surface area (TPSA) is 55.8 Å². The van der Waals surface area contributed by atoms with E-state index in [1.54, 1.807) is 13.2 Å². The summed E-state index contributed by atoms with van der Waals surface area (Å²) in [6, 6.07) is 3.92. The highest BCUT2D eigenvalue weighted by Crippen LogP contribution is 2.36. The zero-order valence-electron chi connectivity index (χ0n) is 16.8. The summed E-state index contributed by atoms with van der Waals surface area (Å²) in [5.41, 5.74) is 1.93. The summed E-state index contributed by atoms with van der Waals surface area (Å²) in [6.07, 6.45) is 13.0. The van der Waals surface area contributed by atoms with Crippen LogP contribution in [0.15, 0.2) is 24.3 Å². The van der Waals surface area contributed by atoms with Gasteiger partial charge >= 0.3 is 0 Å². The van der Waals surface area contributed by atoms with Gasteiger partial charge in [-0.25, -0.2) is 0 Å². The molecule has 1 aromatic carbocycles. The second-order valence-electron chi connectivity index (χ2n) is 7.38. The Hall–Kier alpha value is -1.81. The molecule has 1 aliphatic rings. The second kappa shape index (κ2) is 11.8. The molecule has 0 bridgehead atoms. The van der Waals surface area contributed by atoms with Gasteiger partial charge in [-0.1, -0.05) is 25.5 Å². The van der Waals surface area contributed by atoms with E-state index in [2.05, 4.69) is 6.92 Å². The Morgan fingerprint density at radius 1 is 1.26 bits per heavy atom. The lowest BCUT2D eigenvalue weighted by Crippen LogP contribution is -2.12. The normalized spacial score (nSPS) is 14.9. The number of hydrogen-bond donors (Lipinski definition) is 1. The number of ether oxygens (including phenoxy) is 2. The first kappa shape index (κ1) is 21.5. The van der Waals surface area contributed by atoms with Gasteiger partial charge in [0.25, 0.3) is 0 Å². The minimum Gasteiger partial charge on any atom is -0.504 e. The number of aryl methyl sites for hydroxylation is 2. The quantitative estimate of drug-likeness (QED) is 0.406. The predicted molar refractivity (Wildman–Crippen MR) is 109 cm³/mol. The fraction of sp³-hybridized carbons (Fsp3) is 0.609. The van der Waals surface area contributed by atoms with Crippen LogP contribution in [0, 0.1) is 0 Å². The largest absolute Gasteiger partial charge is 0.504 e. The first-order valence-electron chi connectivity index (χ1n) is 10.3. The smallest absolute Gasteiger partial charge is 0.161 e. The van der Waals surface area contributed by atoms with Crippen molar-refractivity contribution in [1.29, 1.82) is 0 Å². The molecule has 1 saturated carbocycles. The summed E-state index contributed by atoms with van der Waals surface area (Å²) in [5, 5.41) is 10.6. The Morgan fingerprint density at radius 3 is 2.74 bits per heavy atom. The molecule has 0 radical (unpaired) electrons. The summed E-state index contributed by atoms with van der Waals surface area (Å²) in [5.74, 6) is 0.965. The fourth-order valence-corrected chi connectivity index (χ4v) is 3.48. The van der Waals surface area contributed by atoms with Crippen molar-refractivity contribution in [3.8, 4) is 11.5 Å². The van der Waals surface area contributed by atoms with Gasteiger partial charge in [0.15, 0.2) is 17.3 Å². The van der Waals surface area contributed by atoms with Gasteiger partial charge in [0.1, 0.15) is 0 Å². The van der Waals surface area contributed by atoms with Crippen molar-refractivity contribution in [2.24, 2.45) is 0 Å². The monoisotopic (exact) mass is 374 g/mol. The number of phenolic OH excluding ortho intramolecular Hbond substituents is 1. The number of ketones is 1. The number of allylic oxidation sites excluding steroid dienone is 2. The van der Waals surface area contributed by atoms with Crippen LogP contribution in [0.2, 0.25) is 0 Å². The number of aromatic hydroxyl groups is 1. The summed E-state index contributed by atoms with van der Waals surface area (Å²) in [6.45, 7) is 2.76. The average Bonchev–Trinajstić information content (AvgIpc) is 3.17. The zero-order valence-corrected chi connectivity index (χ0v) is 16.8. The fourth-order valence-electron chi connectivity index (χ4n) is 3.48. The molecule has 0 atom stereocenters. The molecule has 0 spiro atoms. The van der Waals surface area contributed by atoms with E-state index in [1.807, 2.05) is 18.2 Å². The van der Waals surface area contributed by atoms with Gasteiger partial charge in [-0.2, -0.15) is 0 Å². The van der Waals surface area contributed by atoms with E-state index in [9.17, 15) is 9.90 Å². The Kier molecular flexibility index (Phi) is 9.40. The summed E-state index contributed by atoms with van der Waals surface area (Å²) in [4.78, 5) is 12.0. The molecule has 0 aliphatic heterocycles. The first-order valence-corrected chi connectivity index (χ1v) is 10.3. The van der Waals surface area contributed by atoms with Gasteiger partial charge in [-0.3, -0.25) is 4.79 Å². The number of methoxy groups -OCH3 is 1. The van der Waals surface area contributed by atoms with Crippen molar-refractivity contribution >= 4 is 5.78 Å². The highest BCUT2D eigenvalue weighted by molar-refractivity contribution is 5.89. The van der Waals surface area contributed by atoms with Crippen molar-refractivity contribution in [2.75, 3.05) is 13.7 Å². The van der Waals surface area contributed by atoms with Crippen LogP contribution in [0.25, 0.3) is 0 Å². The Morgan fingerprint density at radius 2 is 2.04 bits per heavy atom. The van der Waals surface area contributed by atoms with Crippen molar-refractivity contribution in [3.63, 3.8) is 0 Å². The number of phenols is 1. The first-order chi connectivity index (χ1) is 13.1. The molecule has 1 N–H and O–H groups in total. The molecule has 150 valence electrons. The maximum Gasteiger partial charge on any atom is 0.161 e. The maximum atomic E-state index is 12.0. The zero-order chi connectivity index (χ0) is 19.5. The number of rotatable bonds is 12. The molecular weight excluding hydrogens is 340 g/mol. The average molecular weight is 375 g/mol. The molecule has 0 amide bonds. The molecular formula is C23H34O4. The summed E-state index contributed by atoms with van der Waals surface area (Å²) < 4.78 is 11.2. The van der Waals surface area contributed by atoms with Crippen LogP contribution in [-0.2, 0) is 22.4 Å². The van der Waals surface area contributed by atoms with Gasteiger partial charge in [-0.05, 0) is 74.6 Å².